The van der Waals surface area contributed by atoms with Gasteiger partial charge in [-0.3, -0.25) is 10.2 Å². The van der Waals surface area contributed by atoms with Crippen molar-refractivity contribution in [1.29, 1.82) is 0 Å². The molecule has 1 N–H and O–H groups in total. The number of hydrogen-bond acceptors (Lipinski definition) is 3. The van der Waals surface area contributed by atoms with Crippen LogP contribution in [0.3, 0.4) is 0 Å². The Balaban J connectivity index is 2.52. The molecule has 0 radical (unpaired) electrons. The van der Waals surface area contributed by atoms with Gasteiger partial charge in [0, 0.05) is 11.9 Å². The second-order valence-corrected chi connectivity index (χ2v) is 2.73. The van der Waals surface area contributed by atoms with Gasteiger partial charge < -0.3 is 0 Å². The number of nitrogens with zero attached hydrogens (tertiary/aromatic N) is 1. The lowest BCUT2D eigenvalue weighted by Gasteiger charge is -2.02. The number of hydrogen-bond donors (Lipinski definition) is 1. The van der Waals surface area contributed by atoms with E-state index in [-0.39, 0.29) is 0 Å². The van der Waals surface area contributed by atoms with Gasteiger partial charge in [-0.15, -0.1) is 0 Å². The van der Waals surface area contributed by atoms with Gasteiger partial charge in [-0.25, -0.2) is 4.79 Å². The molecule has 0 aromatic heterocycles. The average molecular weight is 192 g/mol. The Kier molecular flexibility index (Phi) is 3.67. The summed E-state index contributed by atoms with van der Waals surface area (Å²) >= 11 is 0. The fourth-order valence-corrected chi connectivity index (χ4v) is 0.878. The lowest BCUT2D eigenvalue weighted by molar-refractivity contribution is 0.167. The van der Waals surface area contributed by atoms with Gasteiger partial charge in [0.05, 0.1) is 0 Å². The van der Waals surface area contributed by atoms with Gasteiger partial charge in [-0.05, 0) is 26.0 Å². The maximum atomic E-state index is 11.0. The number of benzene rings is 1. The fraction of sp³-hybridized carbons (Fsp3) is 0.200. The standard InChI is InChI=1S/C10H12N2O2/c1-3-11-14-10(13)12-9-6-4-8(2)5-7-9/h3-7H,1-2H3,(H,12,13). The largest absolute Gasteiger partial charge is 0.437 e. The van der Waals surface area contributed by atoms with Crippen LogP contribution in [0, 0.1) is 6.92 Å². The summed E-state index contributed by atoms with van der Waals surface area (Å²) in [5, 5.41) is 5.88. The summed E-state index contributed by atoms with van der Waals surface area (Å²) in [5.74, 6) is 0. The summed E-state index contributed by atoms with van der Waals surface area (Å²) < 4.78 is 0. The minimum Gasteiger partial charge on any atom is -0.298 e. The Morgan fingerprint density at radius 3 is 2.64 bits per heavy atom. The van der Waals surface area contributed by atoms with Gasteiger partial charge >= 0.3 is 6.09 Å². The van der Waals surface area contributed by atoms with E-state index in [0.29, 0.717) is 5.69 Å². The van der Waals surface area contributed by atoms with Crippen LogP contribution in [0.1, 0.15) is 12.5 Å². The maximum Gasteiger partial charge on any atom is 0.437 e. The van der Waals surface area contributed by atoms with E-state index in [0.717, 1.165) is 5.56 Å². The van der Waals surface area contributed by atoms with Crippen LogP contribution >= 0.6 is 0 Å². The van der Waals surface area contributed by atoms with E-state index in [4.69, 9.17) is 0 Å². The molecule has 4 nitrogen and oxygen atoms in total. The molecule has 0 saturated heterocycles. The molecule has 74 valence electrons. The monoisotopic (exact) mass is 192 g/mol. The van der Waals surface area contributed by atoms with Crippen LogP contribution in [0.25, 0.3) is 0 Å². The summed E-state index contributed by atoms with van der Waals surface area (Å²) in [7, 11) is 0. The normalized spacial score (nSPS) is 10.1. The van der Waals surface area contributed by atoms with Gasteiger partial charge in [0.1, 0.15) is 0 Å². The van der Waals surface area contributed by atoms with E-state index in [9.17, 15) is 4.79 Å². The molecule has 4 heteroatoms. The molecule has 0 bridgehead atoms. The van der Waals surface area contributed by atoms with Crippen molar-refractivity contribution < 1.29 is 9.63 Å². The van der Waals surface area contributed by atoms with Gasteiger partial charge in [0.2, 0.25) is 0 Å². The van der Waals surface area contributed by atoms with E-state index < -0.39 is 6.09 Å². The lowest BCUT2D eigenvalue weighted by atomic mass is 10.2. The van der Waals surface area contributed by atoms with Crippen molar-refractivity contribution in [1.82, 2.24) is 0 Å². The second-order valence-electron chi connectivity index (χ2n) is 2.73. The van der Waals surface area contributed by atoms with Crippen LogP contribution < -0.4 is 5.32 Å². The number of oxime groups is 1. The first kappa shape index (κ1) is 10.2. The lowest BCUT2D eigenvalue weighted by Crippen LogP contribution is -2.10. The molecule has 1 amide bonds. The molecule has 0 atom stereocenters. The van der Waals surface area contributed by atoms with Crippen LogP contribution in [-0.2, 0) is 4.84 Å². The molecular formula is C10H12N2O2. The van der Waals surface area contributed by atoms with Crippen LogP contribution in [0.15, 0.2) is 29.4 Å². The Labute approximate surface area is 82.6 Å². The topological polar surface area (TPSA) is 50.7 Å². The van der Waals surface area contributed by atoms with E-state index in [1.54, 1.807) is 19.1 Å². The zero-order valence-electron chi connectivity index (χ0n) is 8.15. The molecule has 0 unspecified atom stereocenters. The van der Waals surface area contributed by atoms with Crippen LogP contribution in [0.4, 0.5) is 10.5 Å². The third-order valence-electron chi connectivity index (χ3n) is 1.54. The van der Waals surface area contributed by atoms with Crippen LogP contribution in [0.5, 0.6) is 0 Å². The van der Waals surface area contributed by atoms with Crippen molar-refractivity contribution in [3.05, 3.63) is 29.8 Å². The predicted molar refractivity (Wildman–Crippen MR) is 55.4 cm³/mol. The van der Waals surface area contributed by atoms with Crippen molar-refractivity contribution in [2.75, 3.05) is 5.32 Å². The Hall–Kier alpha value is -1.84. The summed E-state index contributed by atoms with van der Waals surface area (Å²) in [5.41, 5.74) is 1.82. The highest BCUT2D eigenvalue weighted by Gasteiger charge is 2.00. The maximum absolute atomic E-state index is 11.0. The number of carbonyl (C=O) groups excluding carboxylic acids is 1. The number of amides is 1. The Morgan fingerprint density at radius 2 is 2.07 bits per heavy atom. The van der Waals surface area contributed by atoms with Crippen LogP contribution in [0.2, 0.25) is 0 Å². The summed E-state index contributed by atoms with van der Waals surface area (Å²) in [6, 6.07) is 7.40. The number of rotatable bonds is 2. The van der Waals surface area contributed by atoms with Gasteiger partial charge in [0.15, 0.2) is 0 Å². The third kappa shape index (κ3) is 3.26. The molecule has 1 aromatic rings. The zero-order chi connectivity index (χ0) is 10.4. The molecule has 0 aliphatic rings. The van der Waals surface area contributed by atoms with Crippen LogP contribution in [-0.4, -0.2) is 12.3 Å². The summed E-state index contributed by atoms with van der Waals surface area (Å²) in [6.07, 6.45) is 0.807. The molecule has 0 aliphatic carbocycles. The van der Waals surface area contributed by atoms with Crippen molar-refractivity contribution >= 4 is 18.0 Å². The van der Waals surface area contributed by atoms with E-state index in [1.165, 1.54) is 6.21 Å². The van der Waals surface area contributed by atoms with Gasteiger partial charge in [0.25, 0.3) is 0 Å². The molecule has 0 saturated carbocycles. The van der Waals surface area contributed by atoms with E-state index >= 15 is 0 Å². The third-order valence-corrected chi connectivity index (χ3v) is 1.54. The first-order valence-corrected chi connectivity index (χ1v) is 4.25. The van der Waals surface area contributed by atoms with Crippen molar-refractivity contribution in [3.63, 3.8) is 0 Å². The molecule has 0 aliphatic heterocycles. The molecule has 1 aromatic carbocycles. The number of nitrogens with one attached hydrogen (secondary N) is 1. The second kappa shape index (κ2) is 5.01. The zero-order valence-corrected chi connectivity index (χ0v) is 8.15. The smallest absolute Gasteiger partial charge is 0.298 e. The molecule has 0 spiro atoms. The highest BCUT2D eigenvalue weighted by Crippen LogP contribution is 2.08. The van der Waals surface area contributed by atoms with Gasteiger partial charge in [-0.1, -0.05) is 22.9 Å². The SMILES string of the molecule is CC=NOC(=O)Nc1ccc(C)cc1. The highest BCUT2D eigenvalue weighted by atomic mass is 16.7. The first-order chi connectivity index (χ1) is 6.72. The van der Waals surface area contributed by atoms with Crippen molar-refractivity contribution in [3.8, 4) is 0 Å². The van der Waals surface area contributed by atoms with Crippen molar-refractivity contribution in [2.45, 2.75) is 13.8 Å². The molecule has 14 heavy (non-hydrogen) atoms. The minimum absolute atomic E-state index is 0.591. The number of aryl methyl sites for hydroxylation is 1. The predicted octanol–water partition coefficient (Wildman–Crippen LogP) is 2.55. The van der Waals surface area contributed by atoms with E-state index in [2.05, 4.69) is 15.3 Å². The fourth-order valence-electron chi connectivity index (χ4n) is 0.878. The van der Waals surface area contributed by atoms with E-state index in [1.807, 2.05) is 19.1 Å². The van der Waals surface area contributed by atoms with Crippen molar-refractivity contribution in [2.24, 2.45) is 5.16 Å². The molecule has 0 fully saturated rings. The first-order valence-electron chi connectivity index (χ1n) is 4.25. The highest BCUT2D eigenvalue weighted by molar-refractivity contribution is 5.84. The molecule has 1 rings (SSSR count). The Bertz CT molecular complexity index is 330. The molecular weight excluding hydrogens is 180 g/mol. The molecule has 0 heterocycles. The van der Waals surface area contributed by atoms with Gasteiger partial charge in [-0.2, -0.15) is 0 Å². The number of carbonyl (C=O) groups is 1. The number of anilines is 1. The summed E-state index contributed by atoms with van der Waals surface area (Å²) in [6.45, 7) is 3.64. The minimum atomic E-state index is -0.591. The summed E-state index contributed by atoms with van der Waals surface area (Å²) in [4.78, 5) is 15.5. The average Bonchev–Trinajstić information content (AvgIpc) is 2.18. The Morgan fingerprint density at radius 1 is 1.43 bits per heavy atom. The quantitative estimate of drug-likeness (QED) is 0.444.